The van der Waals surface area contributed by atoms with Gasteiger partial charge >= 0.3 is 0 Å². The molecular formula is C16H20ClN3S. The van der Waals surface area contributed by atoms with Crippen LogP contribution in [0, 0.1) is 6.92 Å². The maximum absolute atomic E-state index is 6.29. The molecule has 112 valence electrons. The zero-order valence-corrected chi connectivity index (χ0v) is 14.0. The van der Waals surface area contributed by atoms with Crippen LogP contribution in [0.1, 0.15) is 60.8 Å². The molecule has 0 aliphatic heterocycles. The number of nitrogens with zero attached hydrogens (tertiary/aromatic N) is 2. The highest BCUT2D eigenvalue weighted by molar-refractivity contribution is 7.10. The van der Waals surface area contributed by atoms with Gasteiger partial charge in [-0.1, -0.05) is 31.0 Å². The van der Waals surface area contributed by atoms with Gasteiger partial charge in [-0.05, 0) is 37.6 Å². The summed E-state index contributed by atoms with van der Waals surface area (Å²) in [5.41, 5.74) is 0.943. The van der Waals surface area contributed by atoms with Gasteiger partial charge in [0.05, 0.1) is 6.04 Å². The molecule has 0 amide bonds. The lowest BCUT2D eigenvalue weighted by atomic mass is 10.1. The number of aromatic nitrogens is 2. The van der Waals surface area contributed by atoms with Crippen LogP contribution in [0.25, 0.3) is 0 Å². The van der Waals surface area contributed by atoms with Crippen LogP contribution in [0.3, 0.4) is 0 Å². The van der Waals surface area contributed by atoms with Gasteiger partial charge in [-0.2, -0.15) is 0 Å². The number of hydrogen-bond acceptors (Lipinski definition) is 4. The van der Waals surface area contributed by atoms with E-state index >= 15 is 0 Å². The average molecular weight is 322 g/mol. The van der Waals surface area contributed by atoms with Gasteiger partial charge in [-0.3, -0.25) is 0 Å². The normalized spacial score (nSPS) is 16.0. The van der Waals surface area contributed by atoms with E-state index < -0.39 is 0 Å². The molecular weight excluding hydrogens is 302 g/mol. The summed E-state index contributed by atoms with van der Waals surface area (Å²) in [4.78, 5) is 10.5. The highest BCUT2D eigenvalue weighted by Crippen LogP contribution is 2.40. The summed E-state index contributed by atoms with van der Waals surface area (Å²) < 4.78 is 0. The van der Waals surface area contributed by atoms with Crippen LogP contribution in [-0.2, 0) is 0 Å². The van der Waals surface area contributed by atoms with E-state index in [0.717, 1.165) is 30.0 Å². The molecule has 3 rings (SSSR count). The molecule has 1 aliphatic carbocycles. The Hall–Kier alpha value is -1.13. The number of anilines is 1. The molecule has 3 nitrogen and oxygen atoms in total. The first-order valence-corrected chi connectivity index (χ1v) is 8.78. The van der Waals surface area contributed by atoms with E-state index in [4.69, 9.17) is 16.6 Å². The molecule has 0 aromatic carbocycles. The summed E-state index contributed by atoms with van der Waals surface area (Å²) in [5, 5.41) is 6.29. The van der Waals surface area contributed by atoms with Crippen molar-refractivity contribution in [1.82, 2.24) is 9.97 Å². The SMILES string of the molecule is CCCC(Nc1nc(C2CC2)nc(Cl)c1C)c1cccs1. The second kappa shape index (κ2) is 6.32. The Morgan fingerprint density at radius 3 is 2.86 bits per heavy atom. The molecule has 2 aromatic rings. The molecule has 2 heterocycles. The third-order valence-electron chi connectivity index (χ3n) is 3.82. The van der Waals surface area contributed by atoms with Crippen molar-refractivity contribution in [2.45, 2.75) is 51.5 Å². The standard InChI is InChI=1S/C16H20ClN3S/c1-3-5-12(13-6-4-9-21-13)18-15-10(2)14(17)19-16(20-15)11-7-8-11/h4,6,9,11-12H,3,5,7-8H2,1-2H3,(H,18,19,20). The maximum atomic E-state index is 6.29. The Balaban J connectivity index is 1.88. The van der Waals surface area contributed by atoms with Crippen LogP contribution in [0.15, 0.2) is 17.5 Å². The minimum atomic E-state index is 0.298. The van der Waals surface area contributed by atoms with Crippen molar-refractivity contribution >= 4 is 28.8 Å². The highest BCUT2D eigenvalue weighted by Gasteiger charge is 2.28. The van der Waals surface area contributed by atoms with E-state index in [1.165, 1.54) is 17.7 Å². The molecule has 1 N–H and O–H groups in total. The quantitative estimate of drug-likeness (QED) is 0.731. The van der Waals surface area contributed by atoms with Gasteiger partial charge in [0, 0.05) is 16.4 Å². The summed E-state index contributed by atoms with van der Waals surface area (Å²) >= 11 is 8.07. The predicted octanol–water partition coefficient (Wildman–Crippen LogP) is 5.33. The molecule has 0 radical (unpaired) electrons. The van der Waals surface area contributed by atoms with Gasteiger partial charge in [0.15, 0.2) is 0 Å². The summed E-state index contributed by atoms with van der Waals surface area (Å²) in [6, 6.07) is 4.57. The number of thiophene rings is 1. The van der Waals surface area contributed by atoms with Gasteiger partial charge in [0.25, 0.3) is 0 Å². The highest BCUT2D eigenvalue weighted by atomic mass is 35.5. The van der Waals surface area contributed by atoms with Crippen LogP contribution in [0.4, 0.5) is 5.82 Å². The minimum Gasteiger partial charge on any atom is -0.362 e. The topological polar surface area (TPSA) is 37.8 Å². The summed E-state index contributed by atoms with van der Waals surface area (Å²) in [7, 11) is 0. The maximum Gasteiger partial charge on any atom is 0.137 e. The molecule has 2 aromatic heterocycles. The Bertz CT molecular complexity index is 608. The molecule has 1 unspecified atom stereocenters. The lowest BCUT2D eigenvalue weighted by Crippen LogP contribution is -2.13. The van der Waals surface area contributed by atoms with Crippen molar-refractivity contribution in [3.05, 3.63) is 38.9 Å². The molecule has 1 atom stereocenters. The van der Waals surface area contributed by atoms with Gasteiger partial charge < -0.3 is 5.32 Å². The van der Waals surface area contributed by atoms with Crippen molar-refractivity contribution < 1.29 is 0 Å². The molecule has 1 aliphatic rings. The first kappa shape index (κ1) is 14.8. The molecule has 0 saturated heterocycles. The third kappa shape index (κ3) is 3.38. The fourth-order valence-electron chi connectivity index (χ4n) is 2.40. The second-order valence-corrected chi connectivity index (χ2v) is 6.96. The van der Waals surface area contributed by atoms with E-state index in [-0.39, 0.29) is 0 Å². The number of halogens is 1. The summed E-state index contributed by atoms with van der Waals surface area (Å²) in [6.07, 6.45) is 4.58. The van der Waals surface area contributed by atoms with Crippen molar-refractivity contribution in [2.24, 2.45) is 0 Å². The van der Waals surface area contributed by atoms with Crippen LogP contribution < -0.4 is 5.32 Å². The van der Waals surface area contributed by atoms with Crippen LogP contribution in [0.2, 0.25) is 5.15 Å². The van der Waals surface area contributed by atoms with Crippen molar-refractivity contribution in [2.75, 3.05) is 5.32 Å². The molecule has 1 fully saturated rings. The Labute approximate surface area is 134 Å². The van der Waals surface area contributed by atoms with Gasteiger partial charge in [0.2, 0.25) is 0 Å². The molecule has 5 heteroatoms. The Kier molecular flexibility index (Phi) is 4.45. The minimum absolute atomic E-state index is 0.298. The van der Waals surface area contributed by atoms with Gasteiger partial charge in [0.1, 0.15) is 16.8 Å². The first-order valence-electron chi connectivity index (χ1n) is 7.53. The number of nitrogens with one attached hydrogen (secondary N) is 1. The zero-order valence-electron chi connectivity index (χ0n) is 12.4. The molecule has 0 spiro atoms. The van der Waals surface area contributed by atoms with Gasteiger partial charge in [-0.25, -0.2) is 9.97 Å². The largest absolute Gasteiger partial charge is 0.362 e. The molecule has 0 bridgehead atoms. The van der Waals surface area contributed by atoms with Crippen LogP contribution in [0.5, 0.6) is 0 Å². The van der Waals surface area contributed by atoms with E-state index in [1.54, 1.807) is 11.3 Å². The monoisotopic (exact) mass is 321 g/mol. The van der Waals surface area contributed by atoms with E-state index in [0.29, 0.717) is 17.1 Å². The van der Waals surface area contributed by atoms with Gasteiger partial charge in [-0.15, -0.1) is 11.3 Å². The van der Waals surface area contributed by atoms with Crippen LogP contribution in [-0.4, -0.2) is 9.97 Å². The van der Waals surface area contributed by atoms with E-state index in [9.17, 15) is 0 Å². The Morgan fingerprint density at radius 1 is 1.43 bits per heavy atom. The van der Waals surface area contributed by atoms with Crippen molar-refractivity contribution in [3.8, 4) is 0 Å². The fourth-order valence-corrected chi connectivity index (χ4v) is 3.39. The summed E-state index contributed by atoms with van der Waals surface area (Å²) in [6.45, 7) is 4.19. The predicted molar refractivity (Wildman–Crippen MR) is 89.3 cm³/mol. The second-order valence-electron chi connectivity index (χ2n) is 5.62. The summed E-state index contributed by atoms with van der Waals surface area (Å²) in [5.74, 6) is 2.30. The smallest absolute Gasteiger partial charge is 0.137 e. The molecule has 21 heavy (non-hydrogen) atoms. The van der Waals surface area contributed by atoms with Crippen molar-refractivity contribution in [3.63, 3.8) is 0 Å². The average Bonchev–Trinajstić information content (AvgIpc) is 3.18. The fraction of sp³-hybridized carbons (Fsp3) is 0.500. The third-order valence-corrected chi connectivity index (χ3v) is 5.18. The van der Waals surface area contributed by atoms with E-state index in [2.05, 4.69) is 34.7 Å². The Morgan fingerprint density at radius 2 is 2.24 bits per heavy atom. The lowest BCUT2D eigenvalue weighted by Gasteiger charge is -2.19. The number of rotatable bonds is 6. The zero-order chi connectivity index (χ0) is 14.8. The molecule has 1 saturated carbocycles. The van der Waals surface area contributed by atoms with Crippen molar-refractivity contribution in [1.29, 1.82) is 0 Å². The van der Waals surface area contributed by atoms with Crippen LogP contribution >= 0.6 is 22.9 Å². The van der Waals surface area contributed by atoms with E-state index in [1.807, 2.05) is 6.92 Å². The number of hydrogen-bond donors (Lipinski definition) is 1. The lowest BCUT2D eigenvalue weighted by molar-refractivity contribution is 0.682. The first-order chi connectivity index (χ1) is 10.2.